The van der Waals surface area contributed by atoms with Crippen LogP contribution in [0.4, 0.5) is 0 Å². The molecule has 2 heteroatoms. The summed E-state index contributed by atoms with van der Waals surface area (Å²) in [4.78, 5) is 0. The number of hydrogen-bond acceptors (Lipinski definition) is 1. The lowest BCUT2D eigenvalue weighted by atomic mass is 10.1. The van der Waals surface area contributed by atoms with E-state index in [0.717, 1.165) is 12.5 Å². The Labute approximate surface area is 73.6 Å². The molecule has 0 unspecified atom stereocenters. The summed E-state index contributed by atoms with van der Waals surface area (Å²) >= 11 is 0. The van der Waals surface area contributed by atoms with Gasteiger partial charge < -0.3 is 5.43 Å². The smallest absolute Gasteiger partial charge is 0.0342 e. The molecule has 2 rings (SSSR count). The quantitative estimate of drug-likeness (QED) is 0.724. The van der Waals surface area contributed by atoms with E-state index in [1.165, 1.54) is 25.7 Å². The van der Waals surface area contributed by atoms with E-state index in [2.05, 4.69) is 17.8 Å². The van der Waals surface area contributed by atoms with Gasteiger partial charge in [0, 0.05) is 18.9 Å². The normalized spacial score (nSPS) is 18.3. The zero-order valence-electron chi connectivity index (χ0n) is 7.37. The largest absolute Gasteiger partial charge is 0.326 e. The third-order valence-electron chi connectivity index (χ3n) is 2.64. The van der Waals surface area contributed by atoms with Crippen molar-refractivity contribution in [3.05, 3.63) is 24.5 Å². The predicted molar refractivity (Wildman–Crippen MR) is 50.6 cm³/mol. The SMILES string of the molecule is c1ccn(NCC2CCCC2)c1. The van der Waals surface area contributed by atoms with Gasteiger partial charge in [-0.15, -0.1) is 0 Å². The van der Waals surface area contributed by atoms with Crippen LogP contribution in [0.25, 0.3) is 0 Å². The number of hydrogen-bond donors (Lipinski definition) is 1. The molecule has 1 aromatic rings. The minimum absolute atomic E-state index is 0.910. The van der Waals surface area contributed by atoms with Crippen LogP contribution in [0.1, 0.15) is 25.7 Å². The molecule has 1 fully saturated rings. The molecule has 0 radical (unpaired) electrons. The van der Waals surface area contributed by atoms with Gasteiger partial charge in [-0.05, 0) is 30.9 Å². The summed E-state index contributed by atoms with van der Waals surface area (Å²) in [7, 11) is 0. The first-order valence-corrected chi connectivity index (χ1v) is 4.82. The first-order chi connectivity index (χ1) is 5.95. The van der Waals surface area contributed by atoms with Crippen LogP contribution in [0.2, 0.25) is 0 Å². The molecule has 1 aliphatic rings. The fourth-order valence-corrected chi connectivity index (χ4v) is 1.89. The van der Waals surface area contributed by atoms with Crippen LogP contribution < -0.4 is 5.43 Å². The molecular formula is C10H16N2. The highest BCUT2D eigenvalue weighted by molar-refractivity contribution is 4.93. The minimum Gasteiger partial charge on any atom is -0.326 e. The average Bonchev–Trinajstić information content (AvgIpc) is 2.74. The van der Waals surface area contributed by atoms with Crippen molar-refractivity contribution in [3.63, 3.8) is 0 Å². The van der Waals surface area contributed by atoms with Gasteiger partial charge in [0.25, 0.3) is 0 Å². The van der Waals surface area contributed by atoms with E-state index in [0.29, 0.717) is 0 Å². The summed E-state index contributed by atoms with van der Waals surface area (Å²) in [6, 6.07) is 4.09. The Hall–Kier alpha value is -0.920. The predicted octanol–water partition coefficient (Wildman–Crippen LogP) is 2.22. The number of nitrogens with zero attached hydrogens (tertiary/aromatic N) is 1. The second-order valence-electron chi connectivity index (χ2n) is 3.60. The molecule has 0 bridgehead atoms. The second kappa shape index (κ2) is 3.65. The topological polar surface area (TPSA) is 17.0 Å². The van der Waals surface area contributed by atoms with Gasteiger partial charge in [-0.2, -0.15) is 0 Å². The number of rotatable bonds is 3. The van der Waals surface area contributed by atoms with Crippen LogP contribution in [-0.4, -0.2) is 11.2 Å². The van der Waals surface area contributed by atoms with E-state index in [1.807, 2.05) is 16.8 Å². The minimum atomic E-state index is 0.910. The maximum atomic E-state index is 3.38. The molecule has 1 heterocycles. The Bertz CT molecular complexity index is 210. The molecule has 1 N–H and O–H groups in total. The van der Waals surface area contributed by atoms with E-state index in [1.54, 1.807) is 0 Å². The summed E-state index contributed by atoms with van der Waals surface area (Å²) < 4.78 is 2.04. The molecule has 0 amide bonds. The lowest BCUT2D eigenvalue weighted by Gasteiger charge is -2.12. The van der Waals surface area contributed by atoms with Crippen LogP contribution in [0.5, 0.6) is 0 Å². The molecule has 0 saturated heterocycles. The Kier molecular flexibility index (Phi) is 2.35. The highest BCUT2D eigenvalue weighted by atomic mass is 15.4. The standard InChI is InChI=1S/C10H16N2/c1-2-6-10(5-1)9-11-12-7-3-4-8-12/h3-4,7-8,10-11H,1-2,5-6,9H2. The first-order valence-electron chi connectivity index (χ1n) is 4.82. The van der Waals surface area contributed by atoms with Crippen LogP contribution in [0.3, 0.4) is 0 Å². The van der Waals surface area contributed by atoms with Crippen LogP contribution in [-0.2, 0) is 0 Å². The van der Waals surface area contributed by atoms with Crippen LogP contribution >= 0.6 is 0 Å². The zero-order chi connectivity index (χ0) is 8.23. The van der Waals surface area contributed by atoms with Crippen molar-refractivity contribution >= 4 is 0 Å². The van der Waals surface area contributed by atoms with Crippen LogP contribution in [0, 0.1) is 5.92 Å². The van der Waals surface area contributed by atoms with Crippen molar-refractivity contribution < 1.29 is 0 Å². The van der Waals surface area contributed by atoms with Gasteiger partial charge in [-0.25, -0.2) is 0 Å². The van der Waals surface area contributed by atoms with Gasteiger partial charge in [0.2, 0.25) is 0 Å². The lowest BCUT2D eigenvalue weighted by molar-refractivity contribution is 0.553. The first kappa shape index (κ1) is 7.71. The van der Waals surface area contributed by atoms with Gasteiger partial charge in [-0.3, -0.25) is 4.68 Å². The lowest BCUT2D eigenvalue weighted by Crippen LogP contribution is -2.19. The fraction of sp³-hybridized carbons (Fsp3) is 0.600. The monoisotopic (exact) mass is 164 g/mol. The van der Waals surface area contributed by atoms with Crippen molar-refractivity contribution in [2.45, 2.75) is 25.7 Å². The van der Waals surface area contributed by atoms with Gasteiger partial charge in [0.15, 0.2) is 0 Å². The van der Waals surface area contributed by atoms with E-state index >= 15 is 0 Å². The summed E-state index contributed by atoms with van der Waals surface area (Å²) in [6.07, 6.45) is 9.78. The van der Waals surface area contributed by atoms with Gasteiger partial charge in [0.05, 0.1) is 0 Å². The third-order valence-corrected chi connectivity index (χ3v) is 2.64. The molecule has 0 spiro atoms. The molecule has 66 valence electrons. The Morgan fingerprint density at radius 3 is 2.50 bits per heavy atom. The Balaban J connectivity index is 1.74. The average molecular weight is 164 g/mol. The Morgan fingerprint density at radius 2 is 1.83 bits per heavy atom. The molecule has 1 aromatic heterocycles. The molecule has 2 nitrogen and oxygen atoms in total. The van der Waals surface area contributed by atoms with Crippen molar-refractivity contribution in [3.8, 4) is 0 Å². The second-order valence-corrected chi connectivity index (χ2v) is 3.60. The van der Waals surface area contributed by atoms with Crippen molar-refractivity contribution in [1.82, 2.24) is 4.68 Å². The highest BCUT2D eigenvalue weighted by Crippen LogP contribution is 2.23. The molecular weight excluding hydrogens is 148 g/mol. The highest BCUT2D eigenvalue weighted by Gasteiger charge is 2.13. The van der Waals surface area contributed by atoms with Gasteiger partial charge in [0.1, 0.15) is 0 Å². The van der Waals surface area contributed by atoms with Crippen molar-refractivity contribution in [2.24, 2.45) is 5.92 Å². The fourth-order valence-electron chi connectivity index (χ4n) is 1.89. The molecule has 12 heavy (non-hydrogen) atoms. The summed E-state index contributed by atoms with van der Waals surface area (Å²) in [5.74, 6) is 0.910. The van der Waals surface area contributed by atoms with Crippen molar-refractivity contribution in [1.29, 1.82) is 0 Å². The van der Waals surface area contributed by atoms with E-state index < -0.39 is 0 Å². The van der Waals surface area contributed by atoms with Gasteiger partial charge >= 0.3 is 0 Å². The van der Waals surface area contributed by atoms with E-state index in [-0.39, 0.29) is 0 Å². The molecule has 1 aliphatic carbocycles. The van der Waals surface area contributed by atoms with Crippen molar-refractivity contribution in [2.75, 3.05) is 12.0 Å². The summed E-state index contributed by atoms with van der Waals surface area (Å²) in [5.41, 5.74) is 3.38. The summed E-state index contributed by atoms with van der Waals surface area (Å²) in [6.45, 7) is 1.13. The Morgan fingerprint density at radius 1 is 1.17 bits per heavy atom. The summed E-state index contributed by atoms with van der Waals surface area (Å²) in [5, 5.41) is 0. The molecule has 0 aliphatic heterocycles. The van der Waals surface area contributed by atoms with E-state index in [9.17, 15) is 0 Å². The molecule has 0 atom stereocenters. The van der Waals surface area contributed by atoms with Gasteiger partial charge in [-0.1, -0.05) is 12.8 Å². The van der Waals surface area contributed by atoms with Crippen LogP contribution in [0.15, 0.2) is 24.5 Å². The maximum Gasteiger partial charge on any atom is 0.0342 e. The maximum absolute atomic E-state index is 3.38. The molecule has 0 aromatic carbocycles. The third kappa shape index (κ3) is 1.81. The number of aromatic nitrogens is 1. The molecule has 1 saturated carbocycles. The van der Waals surface area contributed by atoms with E-state index in [4.69, 9.17) is 0 Å². The zero-order valence-corrected chi connectivity index (χ0v) is 7.37. The number of nitrogens with one attached hydrogen (secondary N) is 1.